The third-order valence-electron chi connectivity index (χ3n) is 6.91. The van der Waals surface area contributed by atoms with Gasteiger partial charge in [0.05, 0.1) is 4.92 Å². The van der Waals surface area contributed by atoms with Crippen molar-refractivity contribution in [1.29, 1.82) is 0 Å². The number of nitrogens with one attached hydrogen (secondary N) is 1. The van der Waals surface area contributed by atoms with Crippen molar-refractivity contribution in [3.05, 3.63) is 69.5 Å². The Morgan fingerprint density at radius 3 is 1.65 bits per heavy atom. The fraction of sp³-hybridized carbons (Fsp3) is 0.562. The number of anilines is 1. The van der Waals surface area contributed by atoms with Crippen LogP contribution in [0.15, 0.2) is 42.5 Å². The smallest absolute Gasteiger partial charge is 0.304 e. The zero-order valence-corrected chi connectivity index (χ0v) is 22.9. The van der Waals surface area contributed by atoms with Crippen molar-refractivity contribution >= 4 is 23.5 Å². The minimum absolute atomic E-state index is 0.503. The summed E-state index contributed by atoms with van der Waals surface area (Å²) in [6.07, 6.45) is 25.7. The van der Waals surface area contributed by atoms with E-state index in [4.69, 9.17) is 0 Å². The molecule has 1 N–H and O–H groups in total. The average molecular weight is 511 g/mol. The van der Waals surface area contributed by atoms with Crippen LogP contribution in [-0.2, 0) is 0 Å². The number of unbranched alkanes of at least 4 members (excludes halogenated alkanes) is 15. The molecule has 0 aliphatic heterocycles. The summed E-state index contributed by atoms with van der Waals surface area (Å²) in [5.74, 6) is -0.819. The van der Waals surface area contributed by atoms with Gasteiger partial charge in [-0.05, 0) is 41.8 Å². The third-order valence-corrected chi connectivity index (χ3v) is 6.91. The van der Waals surface area contributed by atoms with Crippen molar-refractivity contribution in [2.24, 2.45) is 0 Å². The Hall–Kier alpha value is -2.69. The molecular weight excluding hydrogens is 463 g/mol. The van der Waals surface area contributed by atoms with Gasteiger partial charge >= 0.3 is 5.69 Å². The van der Waals surface area contributed by atoms with E-state index in [1.807, 2.05) is 30.3 Å². The molecule has 0 radical (unpaired) electrons. The van der Waals surface area contributed by atoms with Gasteiger partial charge in [-0.3, -0.25) is 10.1 Å². The highest BCUT2D eigenvalue weighted by atomic mass is 19.1. The molecule has 5 heteroatoms. The van der Waals surface area contributed by atoms with E-state index in [0.717, 1.165) is 17.8 Å². The van der Waals surface area contributed by atoms with Crippen molar-refractivity contribution in [1.82, 2.24) is 0 Å². The molecule has 0 unspecified atom stereocenters. The van der Waals surface area contributed by atoms with Crippen LogP contribution in [0.4, 0.5) is 15.8 Å². The molecule has 204 valence electrons. The van der Waals surface area contributed by atoms with Crippen molar-refractivity contribution in [2.75, 3.05) is 11.9 Å². The lowest BCUT2D eigenvalue weighted by atomic mass is 10.0. The summed E-state index contributed by atoms with van der Waals surface area (Å²) in [7, 11) is 0. The zero-order chi connectivity index (χ0) is 26.6. The summed E-state index contributed by atoms with van der Waals surface area (Å²) in [6, 6.07) is 12.0. The van der Waals surface area contributed by atoms with Crippen LogP contribution in [0.5, 0.6) is 0 Å². The Labute approximate surface area is 223 Å². The number of hydrogen-bond donors (Lipinski definition) is 1. The van der Waals surface area contributed by atoms with E-state index >= 15 is 0 Å². The molecule has 0 saturated heterocycles. The summed E-state index contributed by atoms with van der Waals surface area (Å²) in [4.78, 5) is 10.0. The first-order valence-electron chi connectivity index (χ1n) is 14.6. The minimum Gasteiger partial charge on any atom is -0.385 e. The molecule has 4 nitrogen and oxygen atoms in total. The average Bonchev–Trinajstić information content (AvgIpc) is 2.89. The molecule has 0 aromatic heterocycles. The van der Waals surface area contributed by atoms with Gasteiger partial charge in [0.25, 0.3) is 0 Å². The lowest BCUT2D eigenvalue weighted by Gasteiger charge is -2.07. The predicted molar refractivity (Wildman–Crippen MR) is 156 cm³/mol. The molecule has 37 heavy (non-hydrogen) atoms. The quantitative estimate of drug-likeness (QED) is 0.0786. The van der Waals surface area contributed by atoms with Gasteiger partial charge in [-0.2, -0.15) is 4.39 Å². The first-order chi connectivity index (χ1) is 18.1. The number of benzene rings is 2. The number of nitro groups is 1. The maximum absolute atomic E-state index is 13.7. The normalized spacial score (nSPS) is 11.3. The topological polar surface area (TPSA) is 55.2 Å². The van der Waals surface area contributed by atoms with Gasteiger partial charge in [-0.15, -0.1) is 0 Å². The second-order valence-electron chi connectivity index (χ2n) is 10.2. The number of nitrogens with zero attached hydrogens (tertiary/aromatic N) is 1. The molecule has 2 aromatic rings. The highest BCUT2D eigenvalue weighted by Gasteiger charge is 2.12. The van der Waals surface area contributed by atoms with Crippen LogP contribution in [-0.4, -0.2) is 11.5 Å². The molecule has 0 atom stereocenters. The van der Waals surface area contributed by atoms with Gasteiger partial charge in [-0.25, -0.2) is 0 Å². The third kappa shape index (κ3) is 14.0. The molecule has 0 spiro atoms. The van der Waals surface area contributed by atoms with Gasteiger partial charge in [0.1, 0.15) is 0 Å². The van der Waals surface area contributed by atoms with Crippen LogP contribution < -0.4 is 5.32 Å². The molecule has 0 heterocycles. The maximum atomic E-state index is 13.7. The first kappa shape index (κ1) is 30.5. The summed E-state index contributed by atoms with van der Waals surface area (Å²) in [6.45, 7) is 3.26. The lowest BCUT2D eigenvalue weighted by Crippen LogP contribution is -2.01. The van der Waals surface area contributed by atoms with Crippen LogP contribution >= 0.6 is 0 Å². The van der Waals surface area contributed by atoms with Crippen molar-refractivity contribution in [3.63, 3.8) is 0 Å². The standard InChI is InChI=1S/C32H47FN2O2/c1-2-3-4-5-6-7-8-9-10-11-12-13-14-15-16-17-26-34-30-23-20-28(21-24-30)18-19-29-22-25-32(35(36)37)31(33)27-29/h18-25,27,34H,2-17,26H2,1H3. The van der Waals surface area contributed by atoms with E-state index in [2.05, 4.69) is 12.2 Å². The molecule has 0 amide bonds. The van der Waals surface area contributed by atoms with Crippen LogP contribution in [0, 0.1) is 15.9 Å². The van der Waals surface area contributed by atoms with Crippen molar-refractivity contribution < 1.29 is 9.31 Å². The van der Waals surface area contributed by atoms with Gasteiger partial charge in [0.2, 0.25) is 5.82 Å². The van der Waals surface area contributed by atoms with E-state index in [0.29, 0.717) is 5.56 Å². The zero-order valence-electron chi connectivity index (χ0n) is 22.9. The fourth-order valence-corrected chi connectivity index (χ4v) is 4.59. The van der Waals surface area contributed by atoms with Gasteiger partial charge < -0.3 is 5.32 Å². The number of nitro benzene ring substituents is 1. The molecule has 0 bridgehead atoms. The largest absolute Gasteiger partial charge is 0.385 e. The van der Waals surface area contributed by atoms with Crippen LogP contribution in [0.1, 0.15) is 121 Å². The highest BCUT2D eigenvalue weighted by Crippen LogP contribution is 2.20. The van der Waals surface area contributed by atoms with Crippen LogP contribution in [0.25, 0.3) is 12.2 Å². The summed E-state index contributed by atoms with van der Waals surface area (Å²) in [5.41, 5.74) is 2.18. The lowest BCUT2D eigenvalue weighted by molar-refractivity contribution is -0.387. The van der Waals surface area contributed by atoms with E-state index in [1.54, 1.807) is 12.1 Å². The van der Waals surface area contributed by atoms with E-state index in [9.17, 15) is 14.5 Å². The Balaban J connectivity index is 1.46. The minimum atomic E-state index is -0.819. The number of hydrogen-bond acceptors (Lipinski definition) is 3. The van der Waals surface area contributed by atoms with Crippen LogP contribution in [0.2, 0.25) is 0 Å². The number of rotatable bonds is 21. The molecule has 2 aromatic carbocycles. The second-order valence-corrected chi connectivity index (χ2v) is 10.2. The molecule has 0 aliphatic carbocycles. The Bertz CT molecular complexity index is 912. The second kappa shape index (κ2) is 19.4. The summed E-state index contributed by atoms with van der Waals surface area (Å²) < 4.78 is 13.7. The Kier molecular flexibility index (Phi) is 16.0. The first-order valence-corrected chi connectivity index (χ1v) is 14.6. The van der Waals surface area contributed by atoms with E-state index in [-0.39, 0.29) is 0 Å². The summed E-state index contributed by atoms with van der Waals surface area (Å²) >= 11 is 0. The Morgan fingerprint density at radius 2 is 1.16 bits per heavy atom. The SMILES string of the molecule is CCCCCCCCCCCCCCCCCCNc1ccc(C=Cc2ccc([N+](=O)[O-])c(F)c2)cc1. The Morgan fingerprint density at radius 1 is 0.703 bits per heavy atom. The molecule has 0 aliphatic rings. The molecule has 0 fully saturated rings. The van der Waals surface area contributed by atoms with E-state index in [1.165, 1.54) is 115 Å². The molecular formula is C32H47FN2O2. The highest BCUT2D eigenvalue weighted by molar-refractivity contribution is 5.71. The summed E-state index contributed by atoms with van der Waals surface area (Å²) in [5, 5.41) is 14.2. The van der Waals surface area contributed by atoms with E-state index < -0.39 is 16.4 Å². The monoisotopic (exact) mass is 510 g/mol. The predicted octanol–water partition coefficient (Wildman–Crippen LogP) is 10.6. The maximum Gasteiger partial charge on any atom is 0.304 e. The van der Waals surface area contributed by atoms with Crippen molar-refractivity contribution in [3.8, 4) is 0 Å². The van der Waals surface area contributed by atoms with Crippen LogP contribution in [0.3, 0.4) is 0 Å². The van der Waals surface area contributed by atoms with Gasteiger partial charge in [0.15, 0.2) is 0 Å². The van der Waals surface area contributed by atoms with Crippen molar-refractivity contribution in [2.45, 2.75) is 110 Å². The van der Waals surface area contributed by atoms with Gasteiger partial charge in [0, 0.05) is 18.3 Å². The van der Waals surface area contributed by atoms with Gasteiger partial charge in [-0.1, -0.05) is 128 Å². The molecule has 2 rings (SSSR count). The number of halogens is 1. The molecule has 0 saturated carbocycles. The fourth-order valence-electron chi connectivity index (χ4n) is 4.59.